The minimum Gasteiger partial charge on any atom is -0.462 e. The third kappa shape index (κ3) is 4.27. The van der Waals surface area contributed by atoms with Crippen LogP contribution in [0.3, 0.4) is 0 Å². The van der Waals surface area contributed by atoms with Gasteiger partial charge in [-0.3, -0.25) is 4.79 Å². The molecule has 0 aliphatic heterocycles. The van der Waals surface area contributed by atoms with E-state index in [0.717, 1.165) is 9.13 Å². The van der Waals surface area contributed by atoms with Gasteiger partial charge in [-0.2, -0.15) is 0 Å². The molecule has 0 aliphatic rings. The highest BCUT2D eigenvalue weighted by atomic mass is 127. The lowest BCUT2D eigenvalue weighted by atomic mass is 10.1. The van der Waals surface area contributed by atoms with E-state index in [1.807, 2.05) is 0 Å². The van der Waals surface area contributed by atoms with Crippen LogP contribution in [0.4, 0.5) is 0 Å². The van der Waals surface area contributed by atoms with E-state index in [-0.39, 0.29) is 24.1 Å². The third-order valence-corrected chi connectivity index (χ3v) is 3.44. The fraction of sp³-hybridized carbons (Fsp3) is 0.333. The first-order chi connectivity index (χ1) is 8.08. The zero-order valence-corrected chi connectivity index (χ0v) is 12.2. The summed E-state index contributed by atoms with van der Waals surface area (Å²) in [6.45, 7) is 2.09. The summed E-state index contributed by atoms with van der Waals surface area (Å²) in [6, 6.07) is 5.17. The second-order valence-electron chi connectivity index (χ2n) is 3.38. The number of hydrogen-bond donors (Lipinski definition) is 0. The number of benzene rings is 1. The number of ketones is 1. The predicted molar refractivity (Wildman–Crippen MR) is 74.5 cm³/mol. The van der Waals surface area contributed by atoms with Crippen molar-refractivity contribution in [2.75, 3.05) is 12.5 Å². The summed E-state index contributed by atoms with van der Waals surface area (Å²) in [4.78, 5) is 22.8. The summed E-state index contributed by atoms with van der Waals surface area (Å²) in [6.07, 6.45) is 0.245. The molecule has 0 radical (unpaired) electrons. The number of Topliss-reactive ketones (excluding diaryl/α,β-unsaturated/α-hetero) is 1. The van der Waals surface area contributed by atoms with Crippen LogP contribution in [0.25, 0.3) is 0 Å². The third-order valence-electron chi connectivity index (χ3n) is 2.09. The summed E-state index contributed by atoms with van der Waals surface area (Å²) < 4.78 is 5.84. The maximum atomic E-state index is 11.5. The Morgan fingerprint density at radius 3 is 2.71 bits per heavy atom. The Balaban J connectivity index is 2.93. The van der Waals surface area contributed by atoms with Crippen LogP contribution in [0.15, 0.2) is 18.2 Å². The first-order valence-corrected chi connectivity index (χ1v) is 6.73. The molecular formula is C12H12ClIO3. The van der Waals surface area contributed by atoms with Crippen LogP contribution in [-0.2, 0) is 16.0 Å². The van der Waals surface area contributed by atoms with Gasteiger partial charge in [0.15, 0.2) is 5.78 Å². The molecule has 0 N–H and O–H groups in total. The van der Waals surface area contributed by atoms with E-state index >= 15 is 0 Å². The van der Waals surface area contributed by atoms with Gasteiger partial charge in [0, 0.05) is 9.99 Å². The average molecular weight is 367 g/mol. The minimum atomic E-state index is -0.372. The van der Waals surface area contributed by atoms with Gasteiger partial charge in [0.1, 0.15) is 0 Å². The van der Waals surface area contributed by atoms with Crippen LogP contribution in [0.2, 0.25) is 0 Å². The summed E-state index contributed by atoms with van der Waals surface area (Å²) in [5, 5.41) is 0. The van der Waals surface area contributed by atoms with Gasteiger partial charge >= 0.3 is 5.97 Å². The highest BCUT2D eigenvalue weighted by Crippen LogP contribution is 2.16. The lowest BCUT2D eigenvalue weighted by Crippen LogP contribution is -2.09. The quantitative estimate of drug-likeness (QED) is 0.457. The Morgan fingerprint density at radius 1 is 1.41 bits per heavy atom. The molecule has 0 unspecified atom stereocenters. The van der Waals surface area contributed by atoms with E-state index in [4.69, 9.17) is 16.3 Å². The molecule has 0 atom stereocenters. The zero-order valence-electron chi connectivity index (χ0n) is 9.33. The number of halogens is 2. The van der Waals surface area contributed by atoms with Crippen molar-refractivity contribution in [3.8, 4) is 0 Å². The van der Waals surface area contributed by atoms with Crippen molar-refractivity contribution in [3.63, 3.8) is 0 Å². The molecule has 92 valence electrons. The van der Waals surface area contributed by atoms with Gasteiger partial charge < -0.3 is 4.74 Å². The van der Waals surface area contributed by atoms with Crippen LogP contribution in [0.5, 0.6) is 0 Å². The van der Waals surface area contributed by atoms with Crippen molar-refractivity contribution >= 4 is 45.9 Å². The molecule has 3 nitrogen and oxygen atoms in total. The normalized spacial score (nSPS) is 10.1. The average Bonchev–Trinajstić information content (AvgIpc) is 2.32. The van der Waals surface area contributed by atoms with Crippen LogP contribution >= 0.6 is 34.2 Å². The molecule has 1 aromatic carbocycles. The Labute approximate surface area is 119 Å². The van der Waals surface area contributed by atoms with Gasteiger partial charge in [0.05, 0.1) is 18.1 Å². The van der Waals surface area contributed by atoms with E-state index in [0.29, 0.717) is 12.2 Å². The van der Waals surface area contributed by atoms with Gasteiger partial charge in [0.2, 0.25) is 0 Å². The van der Waals surface area contributed by atoms with Crippen LogP contribution in [-0.4, -0.2) is 24.2 Å². The molecule has 0 saturated carbocycles. The van der Waals surface area contributed by atoms with Gasteiger partial charge in [-0.25, -0.2) is 4.79 Å². The van der Waals surface area contributed by atoms with Gasteiger partial charge in [-0.15, -0.1) is 11.6 Å². The Bertz CT molecular complexity index is 432. The molecule has 0 aromatic heterocycles. The standard InChI is InChI=1S/C12H12ClIO3/c1-2-17-12(16)8-3-4-11(14)9(5-8)6-10(15)7-13/h3-5H,2,6-7H2,1H3. The molecule has 0 heterocycles. The van der Waals surface area contributed by atoms with Crippen molar-refractivity contribution in [3.05, 3.63) is 32.9 Å². The maximum absolute atomic E-state index is 11.5. The lowest BCUT2D eigenvalue weighted by Gasteiger charge is -2.06. The van der Waals surface area contributed by atoms with E-state index in [9.17, 15) is 9.59 Å². The molecular weight excluding hydrogens is 354 g/mol. The molecule has 17 heavy (non-hydrogen) atoms. The van der Waals surface area contributed by atoms with Gasteiger partial charge in [-0.1, -0.05) is 0 Å². The van der Waals surface area contributed by atoms with E-state index in [1.165, 1.54) is 0 Å². The highest BCUT2D eigenvalue weighted by Gasteiger charge is 2.11. The number of rotatable bonds is 5. The number of ether oxygens (including phenoxy) is 1. The van der Waals surface area contributed by atoms with Crippen molar-refractivity contribution in [2.45, 2.75) is 13.3 Å². The van der Waals surface area contributed by atoms with Crippen molar-refractivity contribution < 1.29 is 14.3 Å². The Morgan fingerprint density at radius 2 is 2.12 bits per heavy atom. The number of alkyl halides is 1. The van der Waals surface area contributed by atoms with Gasteiger partial charge in [0.25, 0.3) is 0 Å². The molecule has 0 spiro atoms. The molecule has 0 saturated heterocycles. The largest absolute Gasteiger partial charge is 0.462 e. The van der Waals surface area contributed by atoms with E-state index < -0.39 is 0 Å². The van der Waals surface area contributed by atoms with Crippen LogP contribution in [0, 0.1) is 3.57 Å². The fourth-order valence-electron chi connectivity index (χ4n) is 1.31. The Hall–Kier alpha value is -0.620. The van der Waals surface area contributed by atoms with Gasteiger partial charge in [-0.05, 0) is 53.3 Å². The zero-order chi connectivity index (χ0) is 12.8. The molecule has 5 heteroatoms. The predicted octanol–water partition coefficient (Wildman–Crippen LogP) is 2.82. The summed E-state index contributed by atoms with van der Waals surface area (Å²) in [5.41, 5.74) is 1.27. The number of hydrogen-bond acceptors (Lipinski definition) is 3. The van der Waals surface area contributed by atoms with Crippen molar-refractivity contribution in [1.29, 1.82) is 0 Å². The summed E-state index contributed by atoms with van der Waals surface area (Å²) in [5.74, 6) is -0.450. The molecule has 0 fully saturated rings. The topological polar surface area (TPSA) is 43.4 Å². The van der Waals surface area contributed by atoms with E-state index in [1.54, 1.807) is 25.1 Å². The minimum absolute atomic E-state index is 0.0142. The maximum Gasteiger partial charge on any atom is 0.338 e. The molecule has 1 aromatic rings. The summed E-state index contributed by atoms with van der Waals surface area (Å²) >= 11 is 7.59. The summed E-state index contributed by atoms with van der Waals surface area (Å²) in [7, 11) is 0. The SMILES string of the molecule is CCOC(=O)c1ccc(I)c(CC(=O)CCl)c1. The number of esters is 1. The second kappa shape index (κ2) is 6.96. The smallest absolute Gasteiger partial charge is 0.338 e. The van der Waals surface area contributed by atoms with Crippen LogP contribution < -0.4 is 0 Å². The highest BCUT2D eigenvalue weighted by molar-refractivity contribution is 14.1. The molecule has 0 amide bonds. The second-order valence-corrected chi connectivity index (χ2v) is 4.81. The van der Waals surface area contributed by atoms with Crippen molar-refractivity contribution in [1.82, 2.24) is 0 Å². The van der Waals surface area contributed by atoms with E-state index in [2.05, 4.69) is 22.6 Å². The van der Waals surface area contributed by atoms with Crippen molar-refractivity contribution in [2.24, 2.45) is 0 Å². The first-order valence-electron chi connectivity index (χ1n) is 5.11. The molecule has 0 aliphatic carbocycles. The first kappa shape index (κ1) is 14.4. The molecule has 0 bridgehead atoms. The Kier molecular flexibility index (Phi) is 5.91. The molecule has 1 rings (SSSR count). The number of carbonyl (C=O) groups is 2. The monoisotopic (exact) mass is 366 g/mol. The number of carbonyl (C=O) groups excluding carboxylic acids is 2. The van der Waals surface area contributed by atoms with Crippen LogP contribution in [0.1, 0.15) is 22.8 Å². The lowest BCUT2D eigenvalue weighted by molar-refractivity contribution is -0.116. The fourth-order valence-corrected chi connectivity index (χ4v) is 1.93.